The second-order valence-electron chi connectivity index (χ2n) is 5.61. The van der Waals surface area contributed by atoms with Crippen LogP contribution in [-0.4, -0.2) is 22.4 Å². The third kappa shape index (κ3) is 2.07. The fourth-order valence-corrected chi connectivity index (χ4v) is 2.84. The summed E-state index contributed by atoms with van der Waals surface area (Å²) in [6, 6.07) is 13.8. The Hall–Kier alpha value is -2.36. The topological polar surface area (TPSA) is 49.4 Å². The summed E-state index contributed by atoms with van der Waals surface area (Å²) < 4.78 is 0. The summed E-state index contributed by atoms with van der Waals surface area (Å²) in [5.74, 6) is -0.213. The summed E-state index contributed by atoms with van der Waals surface area (Å²) in [7, 11) is 0. The molecule has 1 aliphatic rings. The van der Waals surface area contributed by atoms with Crippen LogP contribution in [0.5, 0.6) is 0 Å². The highest BCUT2D eigenvalue weighted by Gasteiger charge is 2.47. The van der Waals surface area contributed by atoms with Crippen molar-refractivity contribution in [2.75, 3.05) is 0 Å². The van der Waals surface area contributed by atoms with Crippen molar-refractivity contribution in [1.29, 1.82) is 0 Å². The monoisotopic (exact) mass is 282 g/mol. The molecule has 1 aliphatic heterocycles. The van der Waals surface area contributed by atoms with Crippen LogP contribution in [0, 0.1) is 0 Å². The molecule has 0 spiro atoms. The number of rotatable bonds is 3. The van der Waals surface area contributed by atoms with Crippen molar-refractivity contribution in [1.82, 2.24) is 10.2 Å². The van der Waals surface area contributed by atoms with Crippen LogP contribution >= 0.6 is 0 Å². The van der Waals surface area contributed by atoms with Gasteiger partial charge in [-0.05, 0) is 29.7 Å². The molecular formula is C17H18N2O2. The largest absolute Gasteiger partial charge is 0.325 e. The van der Waals surface area contributed by atoms with E-state index in [-0.39, 0.29) is 11.9 Å². The Bertz CT molecular complexity index is 720. The van der Waals surface area contributed by atoms with Gasteiger partial charge in [0.2, 0.25) is 0 Å². The van der Waals surface area contributed by atoms with Crippen molar-refractivity contribution in [2.24, 2.45) is 0 Å². The van der Waals surface area contributed by atoms with Gasteiger partial charge < -0.3 is 4.90 Å². The van der Waals surface area contributed by atoms with Crippen molar-refractivity contribution < 1.29 is 9.59 Å². The zero-order chi connectivity index (χ0) is 15.0. The fraction of sp³-hybridized carbons (Fsp3) is 0.294. The van der Waals surface area contributed by atoms with Gasteiger partial charge in [-0.2, -0.15) is 0 Å². The van der Waals surface area contributed by atoms with Gasteiger partial charge in [0.05, 0.1) is 0 Å². The molecule has 0 bridgehead atoms. The molecule has 1 fully saturated rings. The molecule has 4 nitrogen and oxygen atoms in total. The smallest absolute Gasteiger partial charge is 0.306 e. The molecule has 4 heteroatoms. The number of carbonyl (C=O) groups excluding carboxylic acids is 2. The first kappa shape index (κ1) is 13.6. The van der Waals surface area contributed by atoms with Crippen molar-refractivity contribution >= 4 is 22.7 Å². The molecule has 1 saturated heterocycles. The number of nitrogens with one attached hydrogen (secondary N) is 1. The first-order valence-electron chi connectivity index (χ1n) is 7.16. The van der Waals surface area contributed by atoms with Gasteiger partial charge >= 0.3 is 6.03 Å². The van der Waals surface area contributed by atoms with E-state index in [1.165, 1.54) is 0 Å². The van der Waals surface area contributed by atoms with Gasteiger partial charge in [-0.3, -0.25) is 10.1 Å². The summed E-state index contributed by atoms with van der Waals surface area (Å²) in [6.45, 7) is 4.18. The SMILES string of the molecule is CCC1(C)C(=O)NC(=O)N1Cc1cccc2ccccc12. The number of nitrogens with zero attached hydrogens (tertiary/aromatic N) is 1. The zero-order valence-electron chi connectivity index (χ0n) is 12.2. The first-order chi connectivity index (χ1) is 10.1. The van der Waals surface area contributed by atoms with Crippen LogP contribution in [0.25, 0.3) is 10.8 Å². The zero-order valence-corrected chi connectivity index (χ0v) is 12.2. The number of benzene rings is 2. The lowest BCUT2D eigenvalue weighted by Crippen LogP contribution is -2.46. The molecule has 1 heterocycles. The van der Waals surface area contributed by atoms with E-state index in [0.717, 1.165) is 16.3 Å². The highest BCUT2D eigenvalue weighted by atomic mass is 16.2. The van der Waals surface area contributed by atoms with E-state index in [4.69, 9.17) is 0 Å². The normalized spacial score (nSPS) is 21.9. The van der Waals surface area contributed by atoms with Crippen LogP contribution in [0.1, 0.15) is 25.8 Å². The van der Waals surface area contributed by atoms with Gasteiger partial charge in [0.25, 0.3) is 5.91 Å². The van der Waals surface area contributed by atoms with E-state index in [0.29, 0.717) is 13.0 Å². The number of hydrogen-bond acceptors (Lipinski definition) is 2. The van der Waals surface area contributed by atoms with E-state index in [9.17, 15) is 9.59 Å². The maximum Gasteiger partial charge on any atom is 0.325 e. The van der Waals surface area contributed by atoms with Gasteiger partial charge in [0.1, 0.15) is 5.54 Å². The minimum atomic E-state index is -0.770. The minimum Gasteiger partial charge on any atom is -0.306 e. The lowest BCUT2D eigenvalue weighted by molar-refractivity contribution is -0.126. The molecule has 1 unspecified atom stereocenters. The van der Waals surface area contributed by atoms with Crippen molar-refractivity contribution in [3.63, 3.8) is 0 Å². The average Bonchev–Trinajstić information content (AvgIpc) is 2.71. The third-order valence-electron chi connectivity index (χ3n) is 4.45. The van der Waals surface area contributed by atoms with E-state index in [2.05, 4.69) is 5.32 Å². The van der Waals surface area contributed by atoms with Crippen LogP contribution in [0.15, 0.2) is 42.5 Å². The minimum absolute atomic E-state index is 0.213. The fourth-order valence-electron chi connectivity index (χ4n) is 2.84. The summed E-state index contributed by atoms with van der Waals surface area (Å²) >= 11 is 0. The number of hydrogen-bond donors (Lipinski definition) is 1. The molecule has 21 heavy (non-hydrogen) atoms. The van der Waals surface area contributed by atoms with E-state index in [1.54, 1.807) is 4.90 Å². The van der Waals surface area contributed by atoms with Gasteiger partial charge in [-0.15, -0.1) is 0 Å². The second kappa shape index (κ2) is 4.88. The molecule has 0 saturated carbocycles. The first-order valence-corrected chi connectivity index (χ1v) is 7.16. The van der Waals surface area contributed by atoms with Crippen LogP contribution in [-0.2, 0) is 11.3 Å². The molecular weight excluding hydrogens is 264 g/mol. The van der Waals surface area contributed by atoms with Crippen LogP contribution in [0.3, 0.4) is 0 Å². The molecule has 2 aromatic carbocycles. The Kier molecular flexibility index (Phi) is 3.16. The molecule has 1 N–H and O–H groups in total. The Morgan fingerprint density at radius 1 is 1.10 bits per heavy atom. The van der Waals surface area contributed by atoms with Crippen LogP contribution < -0.4 is 5.32 Å². The molecule has 3 rings (SSSR count). The average molecular weight is 282 g/mol. The van der Waals surface area contributed by atoms with Crippen molar-refractivity contribution in [3.05, 3.63) is 48.0 Å². The Labute approximate surface area is 123 Å². The quantitative estimate of drug-likeness (QED) is 0.880. The summed E-state index contributed by atoms with van der Waals surface area (Å²) in [4.78, 5) is 25.8. The standard InChI is InChI=1S/C17H18N2O2/c1-3-17(2)15(20)18-16(21)19(17)11-13-9-6-8-12-7-4-5-10-14(12)13/h4-10H,3,11H2,1-2H3,(H,18,20,21). The van der Waals surface area contributed by atoms with Crippen molar-refractivity contribution in [3.8, 4) is 0 Å². The molecule has 0 aromatic heterocycles. The second-order valence-corrected chi connectivity index (χ2v) is 5.61. The summed E-state index contributed by atoms with van der Waals surface area (Å²) in [5.41, 5.74) is 0.284. The molecule has 0 radical (unpaired) electrons. The number of urea groups is 1. The number of carbonyl (C=O) groups is 2. The highest BCUT2D eigenvalue weighted by Crippen LogP contribution is 2.29. The predicted molar refractivity (Wildman–Crippen MR) is 81.7 cm³/mol. The summed E-state index contributed by atoms with van der Waals surface area (Å²) in [5, 5.41) is 4.68. The highest BCUT2D eigenvalue weighted by molar-refractivity contribution is 6.06. The molecule has 2 aromatic rings. The number of imide groups is 1. The van der Waals surface area contributed by atoms with E-state index in [1.807, 2.05) is 56.3 Å². The van der Waals surface area contributed by atoms with Gasteiger partial charge in [0, 0.05) is 6.54 Å². The Morgan fingerprint density at radius 3 is 2.57 bits per heavy atom. The molecule has 108 valence electrons. The summed E-state index contributed by atoms with van der Waals surface area (Å²) in [6.07, 6.45) is 0.593. The third-order valence-corrected chi connectivity index (χ3v) is 4.45. The van der Waals surface area contributed by atoms with Crippen LogP contribution in [0.4, 0.5) is 4.79 Å². The van der Waals surface area contributed by atoms with E-state index >= 15 is 0 Å². The van der Waals surface area contributed by atoms with Gasteiger partial charge in [-0.1, -0.05) is 49.4 Å². The van der Waals surface area contributed by atoms with Crippen LogP contribution in [0.2, 0.25) is 0 Å². The van der Waals surface area contributed by atoms with Gasteiger partial charge in [-0.25, -0.2) is 4.79 Å². The number of amides is 3. The molecule has 3 amide bonds. The lowest BCUT2D eigenvalue weighted by Gasteiger charge is -2.31. The lowest BCUT2D eigenvalue weighted by atomic mass is 9.96. The predicted octanol–water partition coefficient (Wildman–Crippen LogP) is 3.06. The maximum atomic E-state index is 12.1. The molecule has 0 aliphatic carbocycles. The Balaban J connectivity index is 2.02. The molecule has 1 atom stereocenters. The maximum absolute atomic E-state index is 12.1. The van der Waals surface area contributed by atoms with Gasteiger partial charge in [0.15, 0.2) is 0 Å². The van der Waals surface area contributed by atoms with E-state index < -0.39 is 5.54 Å². The van der Waals surface area contributed by atoms with Crippen molar-refractivity contribution in [2.45, 2.75) is 32.4 Å². The number of fused-ring (bicyclic) bond motifs is 1. The Morgan fingerprint density at radius 2 is 1.81 bits per heavy atom.